The zero-order valence-electron chi connectivity index (χ0n) is 14.0. The second-order valence-corrected chi connectivity index (χ2v) is 7.87. The maximum atomic E-state index is 10.2. The van der Waals surface area contributed by atoms with E-state index in [-0.39, 0.29) is 11.3 Å². The summed E-state index contributed by atoms with van der Waals surface area (Å²) >= 11 is 7.54. The quantitative estimate of drug-likeness (QED) is 0.628. The number of aliphatic hydroxyl groups excluding tert-OH is 2. The van der Waals surface area contributed by atoms with E-state index < -0.39 is 12.2 Å². The van der Waals surface area contributed by atoms with Crippen LogP contribution >= 0.6 is 23.4 Å². The van der Waals surface area contributed by atoms with Crippen molar-refractivity contribution in [1.29, 1.82) is 0 Å². The molecule has 1 aliphatic heterocycles. The molecular weight excluding hydrogens is 374 g/mol. The molecule has 3 heterocycles. The van der Waals surface area contributed by atoms with Crippen molar-refractivity contribution in [1.82, 2.24) is 19.6 Å². The number of nitrogens with zero attached hydrogens (tertiary/aromatic N) is 4. The summed E-state index contributed by atoms with van der Waals surface area (Å²) in [5.74, 6) is 1.68. The van der Waals surface area contributed by atoms with Gasteiger partial charge in [0.05, 0.1) is 23.5 Å². The minimum atomic E-state index is -0.859. The number of halogens is 1. The Bertz CT molecular complexity index is 936. The van der Waals surface area contributed by atoms with Gasteiger partial charge in [-0.2, -0.15) is 0 Å². The first-order valence-corrected chi connectivity index (χ1v) is 9.66. The average molecular weight is 392 g/mol. The normalized spacial score (nSPS) is 24.1. The van der Waals surface area contributed by atoms with Crippen molar-refractivity contribution >= 4 is 34.8 Å². The Kier molecular flexibility index (Phi) is 4.74. The minimum absolute atomic E-state index is 0.0270. The van der Waals surface area contributed by atoms with E-state index in [9.17, 15) is 10.2 Å². The zero-order chi connectivity index (χ0) is 18.3. The summed E-state index contributed by atoms with van der Waals surface area (Å²) in [5.41, 5.74) is 1.61. The summed E-state index contributed by atoms with van der Waals surface area (Å²) in [6.07, 6.45) is 1.81. The Morgan fingerprint density at radius 1 is 1.35 bits per heavy atom. The van der Waals surface area contributed by atoms with Crippen LogP contribution in [0.4, 0.5) is 5.82 Å². The van der Waals surface area contributed by atoms with Crippen LogP contribution in [-0.4, -0.2) is 47.8 Å². The van der Waals surface area contributed by atoms with Crippen molar-refractivity contribution in [3.05, 3.63) is 53.1 Å². The predicted molar refractivity (Wildman–Crippen MR) is 101 cm³/mol. The number of benzene rings is 1. The average Bonchev–Trinajstić information content (AvgIpc) is 3.19. The number of thioether (sulfide) groups is 1. The van der Waals surface area contributed by atoms with Gasteiger partial charge in [0.25, 0.3) is 0 Å². The van der Waals surface area contributed by atoms with Gasteiger partial charge >= 0.3 is 0 Å². The van der Waals surface area contributed by atoms with Crippen LogP contribution in [0.2, 0.25) is 5.02 Å². The van der Waals surface area contributed by atoms with E-state index in [0.717, 1.165) is 5.56 Å². The van der Waals surface area contributed by atoms with Gasteiger partial charge in [-0.05, 0) is 24.6 Å². The number of aliphatic hydroxyl groups is 2. The van der Waals surface area contributed by atoms with Gasteiger partial charge in [-0.1, -0.05) is 23.7 Å². The molecule has 4 atom stereocenters. The summed E-state index contributed by atoms with van der Waals surface area (Å²) in [6, 6.07) is 7.61. The monoisotopic (exact) mass is 391 g/mol. The van der Waals surface area contributed by atoms with Gasteiger partial charge in [0.1, 0.15) is 0 Å². The third-order valence-electron chi connectivity index (χ3n) is 4.46. The first-order chi connectivity index (χ1) is 12.5. The molecule has 7 nitrogen and oxygen atoms in total. The molecule has 1 saturated heterocycles. The fourth-order valence-corrected chi connectivity index (χ4v) is 4.52. The lowest BCUT2D eigenvalue weighted by Gasteiger charge is -2.16. The maximum absolute atomic E-state index is 10.2. The molecule has 1 aromatic carbocycles. The second-order valence-electron chi connectivity index (χ2n) is 6.26. The maximum Gasteiger partial charge on any atom is 0.203 e. The Morgan fingerprint density at radius 3 is 2.92 bits per heavy atom. The van der Waals surface area contributed by atoms with Crippen LogP contribution in [0, 0.1) is 0 Å². The van der Waals surface area contributed by atoms with Gasteiger partial charge in [0.15, 0.2) is 11.6 Å². The van der Waals surface area contributed by atoms with Crippen molar-refractivity contribution in [3.63, 3.8) is 0 Å². The lowest BCUT2D eigenvalue weighted by atomic mass is 10.1. The highest BCUT2D eigenvalue weighted by atomic mass is 35.5. The molecule has 0 saturated carbocycles. The van der Waals surface area contributed by atoms with E-state index in [2.05, 4.69) is 20.5 Å². The molecule has 0 bridgehead atoms. The molecule has 1 aliphatic rings. The van der Waals surface area contributed by atoms with Gasteiger partial charge < -0.3 is 15.5 Å². The SMILES string of the molecule is C[C@H](Nc1nccn2c([C@@H]3SC[C@@H](O)[C@H]3O)nnc12)c1cccc(Cl)c1. The number of anilines is 1. The summed E-state index contributed by atoms with van der Waals surface area (Å²) in [7, 11) is 0. The molecule has 0 spiro atoms. The highest BCUT2D eigenvalue weighted by molar-refractivity contribution is 7.99. The number of hydrogen-bond donors (Lipinski definition) is 3. The van der Waals surface area contributed by atoms with Gasteiger partial charge in [0, 0.05) is 23.2 Å². The van der Waals surface area contributed by atoms with Crippen molar-refractivity contribution in [2.24, 2.45) is 0 Å². The molecule has 2 aromatic heterocycles. The Hall–Kier alpha value is -1.87. The minimum Gasteiger partial charge on any atom is -0.390 e. The second kappa shape index (κ2) is 7.03. The lowest BCUT2D eigenvalue weighted by Crippen LogP contribution is -2.25. The van der Waals surface area contributed by atoms with Crippen LogP contribution in [0.25, 0.3) is 5.65 Å². The highest BCUT2D eigenvalue weighted by Gasteiger charge is 2.38. The molecule has 1 fully saturated rings. The molecule has 4 rings (SSSR count). The molecule has 0 radical (unpaired) electrons. The standard InChI is InChI=1S/C17H18ClN5O2S/c1-9(10-3-2-4-11(18)7-10)20-15-17-22-21-16(23(17)6-5-19-15)14-13(25)12(24)8-26-14/h2-7,9,12-14,24-25H,8H2,1H3,(H,19,20)/t9-,12+,13+,14+/m0/s1. The van der Waals surface area contributed by atoms with E-state index in [1.807, 2.05) is 31.2 Å². The molecule has 3 N–H and O–H groups in total. The largest absolute Gasteiger partial charge is 0.390 e. The van der Waals surface area contributed by atoms with Crippen molar-refractivity contribution in [2.75, 3.05) is 11.1 Å². The molecule has 3 aromatic rings. The van der Waals surface area contributed by atoms with Gasteiger partial charge in [-0.3, -0.25) is 4.40 Å². The van der Waals surface area contributed by atoms with Crippen LogP contribution in [-0.2, 0) is 0 Å². The van der Waals surface area contributed by atoms with E-state index in [1.165, 1.54) is 11.8 Å². The van der Waals surface area contributed by atoms with E-state index in [1.54, 1.807) is 16.8 Å². The van der Waals surface area contributed by atoms with E-state index in [4.69, 9.17) is 11.6 Å². The van der Waals surface area contributed by atoms with E-state index in [0.29, 0.717) is 28.1 Å². The molecule has 0 amide bonds. The van der Waals surface area contributed by atoms with Gasteiger partial charge in [-0.15, -0.1) is 22.0 Å². The molecule has 9 heteroatoms. The third-order valence-corrected chi connectivity index (χ3v) is 6.08. The molecule has 26 heavy (non-hydrogen) atoms. The van der Waals surface area contributed by atoms with Crippen molar-refractivity contribution < 1.29 is 10.2 Å². The molecule has 136 valence electrons. The molecular formula is C17H18ClN5O2S. The number of aromatic nitrogens is 4. The Morgan fingerprint density at radius 2 is 2.19 bits per heavy atom. The summed E-state index contributed by atoms with van der Waals surface area (Å²) in [5, 5.41) is 32.2. The highest BCUT2D eigenvalue weighted by Crippen LogP contribution is 2.39. The number of hydrogen-bond acceptors (Lipinski definition) is 7. The molecule has 0 unspecified atom stereocenters. The Balaban J connectivity index is 1.65. The summed E-state index contributed by atoms with van der Waals surface area (Å²) in [4.78, 5) is 4.38. The van der Waals surface area contributed by atoms with Gasteiger partial charge in [-0.25, -0.2) is 4.98 Å². The van der Waals surface area contributed by atoms with Crippen LogP contribution in [0.3, 0.4) is 0 Å². The van der Waals surface area contributed by atoms with Crippen LogP contribution in [0.15, 0.2) is 36.7 Å². The number of rotatable bonds is 4. The Labute approximate surface area is 159 Å². The fraction of sp³-hybridized carbons (Fsp3) is 0.353. The summed E-state index contributed by atoms with van der Waals surface area (Å²) < 4.78 is 1.80. The van der Waals surface area contributed by atoms with Crippen LogP contribution < -0.4 is 5.32 Å². The zero-order valence-corrected chi connectivity index (χ0v) is 15.5. The van der Waals surface area contributed by atoms with E-state index >= 15 is 0 Å². The van der Waals surface area contributed by atoms with Crippen molar-refractivity contribution in [2.45, 2.75) is 30.4 Å². The number of nitrogens with one attached hydrogen (secondary N) is 1. The first-order valence-electron chi connectivity index (χ1n) is 8.24. The predicted octanol–water partition coefficient (Wildman–Crippen LogP) is 2.46. The van der Waals surface area contributed by atoms with Crippen LogP contribution in [0.5, 0.6) is 0 Å². The third kappa shape index (κ3) is 3.14. The lowest BCUT2D eigenvalue weighted by molar-refractivity contribution is 0.0404. The smallest absolute Gasteiger partial charge is 0.203 e. The number of fused-ring (bicyclic) bond motifs is 1. The molecule has 0 aliphatic carbocycles. The topological polar surface area (TPSA) is 95.6 Å². The van der Waals surface area contributed by atoms with Crippen molar-refractivity contribution in [3.8, 4) is 0 Å². The van der Waals surface area contributed by atoms with Gasteiger partial charge in [0.2, 0.25) is 5.65 Å². The fourth-order valence-electron chi connectivity index (χ4n) is 3.03. The summed E-state index contributed by atoms with van der Waals surface area (Å²) in [6.45, 7) is 2.01. The van der Waals surface area contributed by atoms with Crippen LogP contribution in [0.1, 0.15) is 29.6 Å². The first kappa shape index (κ1) is 17.5.